The van der Waals surface area contributed by atoms with Crippen molar-refractivity contribution in [2.75, 3.05) is 76.6 Å². The van der Waals surface area contributed by atoms with Gasteiger partial charge in [0, 0.05) is 58.1 Å². The molecular formula is C27H38F3N9O. The van der Waals surface area contributed by atoms with Crippen LogP contribution < -0.4 is 16.0 Å². The Kier molecular flexibility index (Phi) is 9.01. The Morgan fingerprint density at radius 2 is 1.73 bits per heavy atom. The van der Waals surface area contributed by atoms with Crippen LogP contribution in [0.3, 0.4) is 0 Å². The van der Waals surface area contributed by atoms with Crippen LogP contribution in [0.25, 0.3) is 0 Å². The highest BCUT2D eigenvalue weighted by atomic mass is 19.4. The minimum atomic E-state index is -4.57. The number of aromatic nitrogens is 3. The Balaban J connectivity index is 1.17. The molecular weight excluding hydrogens is 523 g/mol. The zero-order valence-electron chi connectivity index (χ0n) is 22.9. The summed E-state index contributed by atoms with van der Waals surface area (Å²) < 4.78 is 40.7. The lowest BCUT2D eigenvalue weighted by Crippen LogP contribution is -2.53. The van der Waals surface area contributed by atoms with Gasteiger partial charge in [0.25, 0.3) is 5.91 Å². The molecule has 3 aliphatic rings. The van der Waals surface area contributed by atoms with E-state index in [0.717, 1.165) is 71.1 Å². The summed E-state index contributed by atoms with van der Waals surface area (Å²) in [6.07, 6.45) is 1.40. The van der Waals surface area contributed by atoms with Crippen LogP contribution in [-0.2, 0) is 6.18 Å². The Bertz CT molecular complexity index is 1130. The molecule has 0 unspecified atom stereocenters. The third-order valence-corrected chi connectivity index (χ3v) is 8.16. The number of carbonyl (C=O) groups is 1. The van der Waals surface area contributed by atoms with Crippen LogP contribution in [0.5, 0.6) is 0 Å². The standard InChI is InChI=1S/C27H38F3N9O/c1-37-12-14-38(15-13-37)21-6-10-39(11-7-21)25(40)23-3-2-20(17-32-23)35-26-34-18-22(27(28,29)30)24(36-26)33-16-19-4-8-31-9-5-19/h2-3,17-19,21,31H,4-16H2,1H3,(H2,33,34,35,36). The molecule has 0 saturated carbocycles. The quantitative estimate of drug-likeness (QED) is 0.471. The zero-order chi connectivity index (χ0) is 28.1. The fraction of sp³-hybridized carbons (Fsp3) is 0.630. The van der Waals surface area contributed by atoms with E-state index >= 15 is 0 Å². The van der Waals surface area contributed by atoms with Crippen LogP contribution in [0.4, 0.5) is 30.6 Å². The minimum absolute atomic E-state index is 0.0210. The Labute approximate surface area is 232 Å². The van der Waals surface area contributed by atoms with Gasteiger partial charge in [-0.3, -0.25) is 9.69 Å². The van der Waals surface area contributed by atoms with E-state index in [1.54, 1.807) is 12.1 Å². The van der Waals surface area contributed by atoms with Crippen LogP contribution >= 0.6 is 0 Å². The predicted molar refractivity (Wildman–Crippen MR) is 147 cm³/mol. The number of amides is 1. The summed E-state index contributed by atoms with van der Waals surface area (Å²) in [5, 5.41) is 9.06. The van der Waals surface area contributed by atoms with Crippen LogP contribution in [0.15, 0.2) is 24.5 Å². The first kappa shape index (κ1) is 28.5. The number of likely N-dealkylation sites (N-methyl/N-ethyl adjacent to an activating group) is 1. The summed E-state index contributed by atoms with van der Waals surface area (Å²) in [6, 6.07) is 3.80. The average molecular weight is 562 g/mol. The third kappa shape index (κ3) is 7.18. The zero-order valence-corrected chi connectivity index (χ0v) is 22.9. The van der Waals surface area contributed by atoms with E-state index in [1.807, 2.05) is 4.90 Å². The lowest BCUT2D eigenvalue weighted by molar-refractivity contribution is -0.137. The first-order chi connectivity index (χ1) is 19.3. The number of nitrogens with zero attached hydrogens (tertiary/aromatic N) is 6. The molecule has 0 atom stereocenters. The smallest absolute Gasteiger partial charge is 0.369 e. The van der Waals surface area contributed by atoms with Gasteiger partial charge in [-0.15, -0.1) is 0 Å². The van der Waals surface area contributed by atoms with Gasteiger partial charge < -0.3 is 25.8 Å². The number of carbonyl (C=O) groups excluding carboxylic acids is 1. The van der Waals surface area contributed by atoms with Gasteiger partial charge in [0.1, 0.15) is 17.1 Å². The molecule has 13 heteroatoms. The van der Waals surface area contributed by atoms with E-state index < -0.39 is 11.7 Å². The first-order valence-electron chi connectivity index (χ1n) is 14.1. The van der Waals surface area contributed by atoms with Crippen LogP contribution in [-0.4, -0.2) is 108 Å². The molecule has 218 valence electrons. The van der Waals surface area contributed by atoms with E-state index in [-0.39, 0.29) is 23.6 Å². The van der Waals surface area contributed by atoms with Gasteiger partial charge in [-0.1, -0.05) is 0 Å². The normalized spacial score (nSPS) is 20.4. The third-order valence-electron chi connectivity index (χ3n) is 8.16. The van der Waals surface area contributed by atoms with Gasteiger partial charge in [-0.2, -0.15) is 18.2 Å². The first-order valence-corrected chi connectivity index (χ1v) is 14.1. The number of anilines is 3. The Morgan fingerprint density at radius 1 is 1.00 bits per heavy atom. The lowest BCUT2D eigenvalue weighted by Gasteiger charge is -2.42. The maximum absolute atomic E-state index is 13.6. The van der Waals surface area contributed by atoms with Crippen LogP contribution in [0.1, 0.15) is 41.7 Å². The van der Waals surface area contributed by atoms with E-state index in [9.17, 15) is 18.0 Å². The van der Waals surface area contributed by atoms with E-state index in [1.165, 1.54) is 6.20 Å². The van der Waals surface area contributed by atoms with Gasteiger partial charge in [-0.05, 0) is 63.9 Å². The number of hydrogen-bond acceptors (Lipinski definition) is 9. The number of likely N-dealkylation sites (tertiary alicyclic amines) is 1. The maximum atomic E-state index is 13.6. The average Bonchev–Trinajstić information content (AvgIpc) is 2.97. The van der Waals surface area contributed by atoms with Crippen LogP contribution in [0.2, 0.25) is 0 Å². The summed E-state index contributed by atoms with van der Waals surface area (Å²) in [5.74, 6) is -0.0601. The van der Waals surface area contributed by atoms with Gasteiger partial charge in [0.05, 0.1) is 11.9 Å². The number of rotatable bonds is 7. The molecule has 0 radical (unpaired) electrons. The number of pyridine rings is 1. The molecule has 5 heterocycles. The lowest BCUT2D eigenvalue weighted by atomic mass is 9.98. The summed E-state index contributed by atoms with van der Waals surface area (Å²) in [7, 11) is 2.15. The second-order valence-corrected chi connectivity index (χ2v) is 10.9. The molecule has 10 nitrogen and oxygen atoms in total. The Morgan fingerprint density at radius 3 is 2.38 bits per heavy atom. The molecule has 3 aliphatic heterocycles. The topological polar surface area (TPSA) is 102 Å². The molecule has 40 heavy (non-hydrogen) atoms. The summed E-state index contributed by atoms with van der Waals surface area (Å²) in [4.78, 5) is 32.1. The van der Waals surface area contributed by atoms with Crippen molar-refractivity contribution in [1.29, 1.82) is 0 Å². The SMILES string of the molecule is CN1CCN(C2CCN(C(=O)c3ccc(Nc4ncc(C(F)(F)F)c(NCC5CCNCC5)n4)cn3)CC2)CC1. The number of alkyl halides is 3. The molecule has 0 bridgehead atoms. The number of piperazine rings is 1. The van der Waals surface area contributed by atoms with Gasteiger partial charge in [0.2, 0.25) is 5.95 Å². The largest absolute Gasteiger partial charge is 0.421 e. The van der Waals surface area contributed by atoms with Crippen molar-refractivity contribution in [3.05, 3.63) is 35.8 Å². The molecule has 5 rings (SSSR count). The highest BCUT2D eigenvalue weighted by Crippen LogP contribution is 2.34. The van der Waals surface area contributed by atoms with Gasteiger partial charge in [-0.25, -0.2) is 9.97 Å². The fourth-order valence-corrected chi connectivity index (χ4v) is 5.62. The number of hydrogen-bond donors (Lipinski definition) is 3. The highest BCUT2D eigenvalue weighted by molar-refractivity contribution is 5.92. The van der Waals surface area contributed by atoms with Crippen molar-refractivity contribution in [2.45, 2.75) is 37.9 Å². The monoisotopic (exact) mass is 561 g/mol. The molecule has 2 aromatic heterocycles. The van der Waals surface area contributed by atoms with Crippen molar-refractivity contribution >= 4 is 23.4 Å². The van der Waals surface area contributed by atoms with Crippen molar-refractivity contribution in [1.82, 2.24) is 35.0 Å². The summed E-state index contributed by atoms with van der Waals surface area (Å²) >= 11 is 0. The van der Waals surface area contributed by atoms with Crippen molar-refractivity contribution in [2.24, 2.45) is 5.92 Å². The molecule has 1 amide bonds. The minimum Gasteiger partial charge on any atom is -0.369 e. The molecule has 0 spiro atoms. The molecule has 3 N–H and O–H groups in total. The maximum Gasteiger partial charge on any atom is 0.421 e. The second kappa shape index (κ2) is 12.6. The van der Waals surface area contributed by atoms with Crippen molar-refractivity contribution < 1.29 is 18.0 Å². The summed E-state index contributed by atoms with van der Waals surface area (Å²) in [5.41, 5.74) is -0.0851. The van der Waals surface area contributed by atoms with E-state index in [2.05, 4.69) is 47.7 Å². The molecule has 0 aliphatic carbocycles. The second-order valence-electron chi connectivity index (χ2n) is 10.9. The molecule has 0 aromatic carbocycles. The van der Waals surface area contributed by atoms with Crippen LogP contribution in [0, 0.1) is 5.92 Å². The predicted octanol–water partition coefficient (Wildman–Crippen LogP) is 2.90. The van der Waals surface area contributed by atoms with E-state index in [0.29, 0.717) is 37.1 Å². The van der Waals surface area contributed by atoms with E-state index in [4.69, 9.17) is 0 Å². The number of halogens is 3. The summed E-state index contributed by atoms with van der Waals surface area (Å²) in [6.45, 7) is 7.83. The molecule has 3 fully saturated rings. The molecule has 2 aromatic rings. The fourth-order valence-electron chi connectivity index (χ4n) is 5.62. The Hall–Kier alpha value is -3.03. The number of piperidine rings is 2. The number of nitrogens with one attached hydrogen (secondary N) is 3. The van der Waals surface area contributed by atoms with Gasteiger partial charge in [0.15, 0.2) is 0 Å². The molecule has 3 saturated heterocycles. The van der Waals surface area contributed by atoms with Crippen molar-refractivity contribution in [3.8, 4) is 0 Å². The van der Waals surface area contributed by atoms with Gasteiger partial charge >= 0.3 is 6.18 Å². The highest BCUT2D eigenvalue weighted by Gasteiger charge is 2.35. The van der Waals surface area contributed by atoms with Crippen molar-refractivity contribution in [3.63, 3.8) is 0 Å².